The molecule has 1 unspecified atom stereocenters. The van der Waals surface area contributed by atoms with Crippen LogP contribution in [0, 0.1) is 6.92 Å². The van der Waals surface area contributed by atoms with Crippen LogP contribution in [-0.4, -0.2) is 24.7 Å². The highest BCUT2D eigenvalue weighted by molar-refractivity contribution is 5.24. The van der Waals surface area contributed by atoms with Gasteiger partial charge in [0.2, 0.25) is 0 Å². The van der Waals surface area contributed by atoms with Crippen molar-refractivity contribution in [1.29, 1.82) is 0 Å². The zero-order valence-corrected chi connectivity index (χ0v) is 11.2. The molecule has 0 aliphatic carbocycles. The highest BCUT2D eigenvalue weighted by Crippen LogP contribution is 2.20. The number of nitrogens with zero attached hydrogens (tertiary/aromatic N) is 1. The molecular weight excluding hydrogens is 212 g/mol. The summed E-state index contributed by atoms with van der Waals surface area (Å²) >= 11 is 0. The Kier molecular flexibility index (Phi) is 6.82. The fourth-order valence-electron chi connectivity index (χ4n) is 1.99. The molecular formula is C14H24N2O. The van der Waals surface area contributed by atoms with E-state index in [1.54, 1.807) is 0 Å². The molecule has 1 aromatic heterocycles. The average molecular weight is 236 g/mol. The molecule has 1 aromatic rings. The van der Waals surface area contributed by atoms with Crippen molar-refractivity contribution in [2.24, 2.45) is 0 Å². The lowest BCUT2D eigenvalue weighted by Gasteiger charge is -2.19. The van der Waals surface area contributed by atoms with Crippen molar-refractivity contribution in [3.8, 4) is 0 Å². The third-order valence-electron chi connectivity index (χ3n) is 2.89. The number of aromatic nitrogens is 1. The van der Waals surface area contributed by atoms with Gasteiger partial charge in [0, 0.05) is 31.6 Å². The molecule has 0 amide bonds. The van der Waals surface area contributed by atoms with Crippen molar-refractivity contribution in [1.82, 2.24) is 10.3 Å². The first-order valence-electron chi connectivity index (χ1n) is 6.51. The Labute approximate surface area is 105 Å². The van der Waals surface area contributed by atoms with Crippen LogP contribution in [0.5, 0.6) is 0 Å². The zero-order valence-electron chi connectivity index (χ0n) is 11.2. The largest absolute Gasteiger partial charge is 0.382 e. The van der Waals surface area contributed by atoms with E-state index in [2.05, 4.69) is 30.2 Å². The van der Waals surface area contributed by atoms with Crippen molar-refractivity contribution in [2.75, 3.05) is 19.8 Å². The summed E-state index contributed by atoms with van der Waals surface area (Å²) in [5.74, 6) is 0. The molecule has 0 aromatic carbocycles. The van der Waals surface area contributed by atoms with E-state index in [9.17, 15) is 0 Å². The van der Waals surface area contributed by atoms with Crippen molar-refractivity contribution < 1.29 is 4.74 Å². The fourth-order valence-corrected chi connectivity index (χ4v) is 1.99. The molecule has 0 aliphatic heterocycles. The maximum absolute atomic E-state index is 5.38. The molecule has 0 saturated carbocycles. The molecule has 1 N–H and O–H groups in total. The SMILES string of the molecule is CCNC(CCCOCC)c1cnccc1C. The summed E-state index contributed by atoms with van der Waals surface area (Å²) in [6, 6.07) is 2.47. The van der Waals surface area contributed by atoms with Crippen molar-refractivity contribution >= 4 is 0 Å². The maximum atomic E-state index is 5.38. The first kappa shape index (κ1) is 14.1. The Balaban J connectivity index is 2.56. The van der Waals surface area contributed by atoms with E-state index < -0.39 is 0 Å². The zero-order chi connectivity index (χ0) is 12.5. The van der Waals surface area contributed by atoms with Crippen LogP contribution in [0.3, 0.4) is 0 Å². The molecule has 96 valence electrons. The highest BCUT2D eigenvalue weighted by Gasteiger charge is 2.12. The van der Waals surface area contributed by atoms with Gasteiger partial charge in [0.1, 0.15) is 0 Å². The van der Waals surface area contributed by atoms with E-state index in [4.69, 9.17) is 4.74 Å². The van der Waals surface area contributed by atoms with Gasteiger partial charge in [-0.1, -0.05) is 6.92 Å². The van der Waals surface area contributed by atoms with Gasteiger partial charge in [-0.25, -0.2) is 0 Å². The van der Waals surface area contributed by atoms with Crippen LogP contribution in [0.1, 0.15) is 43.9 Å². The van der Waals surface area contributed by atoms with Crippen LogP contribution < -0.4 is 5.32 Å². The number of aryl methyl sites for hydroxylation is 1. The predicted octanol–water partition coefficient (Wildman–Crippen LogP) is 2.86. The summed E-state index contributed by atoms with van der Waals surface area (Å²) in [5, 5.41) is 3.52. The number of ether oxygens (including phenoxy) is 1. The molecule has 3 nitrogen and oxygen atoms in total. The van der Waals surface area contributed by atoms with E-state index in [1.807, 2.05) is 19.3 Å². The van der Waals surface area contributed by atoms with Gasteiger partial charge in [-0.3, -0.25) is 4.98 Å². The lowest BCUT2D eigenvalue weighted by Crippen LogP contribution is -2.22. The van der Waals surface area contributed by atoms with Gasteiger partial charge in [0.05, 0.1) is 0 Å². The Morgan fingerprint density at radius 2 is 2.24 bits per heavy atom. The third-order valence-corrected chi connectivity index (χ3v) is 2.89. The molecule has 0 saturated heterocycles. The summed E-state index contributed by atoms with van der Waals surface area (Å²) in [6.45, 7) is 8.95. The first-order valence-corrected chi connectivity index (χ1v) is 6.51. The molecule has 1 heterocycles. The second-order valence-corrected chi connectivity index (χ2v) is 4.18. The quantitative estimate of drug-likeness (QED) is 0.705. The Hall–Kier alpha value is -0.930. The van der Waals surface area contributed by atoms with E-state index >= 15 is 0 Å². The van der Waals surface area contributed by atoms with Gasteiger partial charge in [0.25, 0.3) is 0 Å². The molecule has 17 heavy (non-hydrogen) atoms. The van der Waals surface area contributed by atoms with Gasteiger partial charge in [0.15, 0.2) is 0 Å². The van der Waals surface area contributed by atoms with Crippen molar-refractivity contribution in [3.63, 3.8) is 0 Å². The van der Waals surface area contributed by atoms with Crippen LogP contribution in [0.4, 0.5) is 0 Å². The van der Waals surface area contributed by atoms with Crippen LogP contribution in [0.15, 0.2) is 18.5 Å². The minimum Gasteiger partial charge on any atom is -0.382 e. The summed E-state index contributed by atoms with van der Waals surface area (Å²) in [4.78, 5) is 4.22. The summed E-state index contributed by atoms with van der Waals surface area (Å²) in [6.07, 6.45) is 6.01. The summed E-state index contributed by atoms with van der Waals surface area (Å²) in [5.41, 5.74) is 2.62. The van der Waals surface area contributed by atoms with Gasteiger partial charge in [-0.15, -0.1) is 0 Å². The molecule has 0 fully saturated rings. The van der Waals surface area contributed by atoms with Crippen LogP contribution in [-0.2, 0) is 4.74 Å². The molecule has 1 atom stereocenters. The van der Waals surface area contributed by atoms with Crippen molar-refractivity contribution in [3.05, 3.63) is 29.6 Å². The molecule has 0 radical (unpaired) electrons. The van der Waals surface area contributed by atoms with E-state index in [1.165, 1.54) is 11.1 Å². The maximum Gasteiger partial charge on any atom is 0.0466 e. The molecule has 1 rings (SSSR count). The summed E-state index contributed by atoms with van der Waals surface area (Å²) < 4.78 is 5.38. The lowest BCUT2D eigenvalue weighted by atomic mass is 10.00. The smallest absolute Gasteiger partial charge is 0.0466 e. The van der Waals surface area contributed by atoms with Gasteiger partial charge >= 0.3 is 0 Å². The molecule has 0 bridgehead atoms. The number of hydrogen-bond acceptors (Lipinski definition) is 3. The number of pyridine rings is 1. The van der Waals surface area contributed by atoms with Gasteiger partial charge in [-0.05, 0) is 50.4 Å². The second-order valence-electron chi connectivity index (χ2n) is 4.18. The van der Waals surface area contributed by atoms with E-state index in [-0.39, 0.29) is 0 Å². The van der Waals surface area contributed by atoms with Crippen LogP contribution in [0.2, 0.25) is 0 Å². The Bertz CT molecular complexity index is 315. The minimum atomic E-state index is 0.397. The van der Waals surface area contributed by atoms with E-state index in [0.717, 1.165) is 32.6 Å². The second kappa shape index (κ2) is 8.20. The monoisotopic (exact) mass is 236 g/mol. The summed E-state index contributed by atoms with van der Waals surface area (Å²) in [7, 11) is 0. The standard InChI is InChI=1S/C14H24N2O/c1-4-16-14(7-6-10-17-5-2)13-11-15-9-8-12(13)3/h8-9,11,14,16H,4-7,10H2,1-3H3. The molecule has 0 spiro atoms. The van der Waals surface area contributed by atoms with Gasteiger partial charge in [-0.2, -0.15) is 0 Å². The topological polar surface area (TPSA) is 34.1 Å². The Morgan fingerprint density at radius 1 is 1.41 bits per heavy atom. The Morgan fingerprint density at radius 3 is 2.88 bits per heavy atom. The third kappa shape index (κ3) is 4.84. The van der Waals surface area contributed by atoms with Crippen LogP contribution in [0.25, 0.3) is 0 Å². The molecule has 0 aliphatic rings. The first-order chi connectivity index (χ1) is 8.29. The number of hydrogen-bond donors (Lipinski definition) is 1. The predicted molar refractivity (Wildman–Crippen MR) is 71.1 cm³/mol. The normalized spacial score (nSPS) is 12.6. The minimum absolute atomic E-state index is 0.397. The van der Waals surface area contributed by atoms with Crippen molar-refractivity contribution in [2.45, 2.75) is 39.7 Å². The van der Waals surface area contributed by atoms with E-state index in [0.29, 0.717) is 6.04 Å². The van der Waals surface area contributed by atoms with Crippen LogP contribution >= 0.6 is 0 Å². The fraction of sp³-hybridized carbons (Fsp3) is 0.643. The lowest BCUT2D eigenvalue weighted by molar-refractivity contribution is 0.141. The molecule has 3 heteroatoms. The highest BCUT2D eigenvalue weighted by atomic mass is 16.5. The average Bonchev–Trinajstić information content (AvgIpc) is 2.34. The number of rotatable bonds is 8. The number of nitrogens with one attached hydrogen (secondary N) is 1. The van der Waals surface area contributed by atoms with Gasteiger partial charge < -0.3 is 10.1 Å².